The molecule has 3 rings (SSSR count). The van der Waals surface area contributed by atoms with Crippen LogP contribution in [-0.4, -0.2) is 30.4 Å². The van der Waals surface area contributed by atoms with E-state index < -0.39 is 16.1 Å². The fourth-order valence-corrected chi connectivity index (χ4v) is 4.09. The van der Waals surface area contributed by atoms with Crippen molar-refractivity contribution >= 4 is 27.4 Å². The SMILES string of the molecule is Cc1ccc(OC(C)C(=O)Nc2ccc(S(=O)(=O)Nc3cc(C)nc(C)n3)cc2)c(C)c1. The van der Waals surface area contributed by atoms with Gasteiger partial charge in [-0.15, -0.1) is 0 Å². The van der Waals surface area contributed by atoms with Crippen molar-refractivity contribution in [3.05, 3.63) is 71.2 Å². The predicted octanol–water partition coefficient (Wildman–Crippen LogP) is 3.92. The lowest BCUT2D eigenvalue weighted by molar-refractivity contribution is -0.122. The second kappa shape index (κ2) is 9.35. The average Bonchev–Trinajstić information content (AvgIpc) is 2.69. The van der Waals surface area contributed by atoms with Crippen molar-refractivity contribution in [3.63, 3.8) is 0 Å². The van der Waals surface area contributed by atoms with Crippen molar-refractivity contribution in [2.75, 3.05) is 10.0 Å². The van der Waals surface area contributed by atoms with E-state index >= 15 is 0 Å². The van der Waals surface area contributed by atoms with Crippen molar-refractivity contribution in [3.8, 4) is 5.75 Å². The van der Waals surface area contributed by atoms with E-state index in [1.165, 1.54) is 24.3 Å². The first-order valence-corrected chi connectivity index (χ1v) is 11.5. The highest BCUT2D eigenvalue weighted by Gasteiger charge is 2.18. The molecule has 0 bridgehead atoms. The monoisotopic (exact) mass is 454 g/mol. The topological polar surface area (TPSA) is 110 Å². The van der Waals surface area contributed by atoms with Gasteiger partial charge in [-0.2, -0.15) is 0 Å². The normalized spacial score (nSPS) is 12.2. The molecular weight excluding hydrogens is 428 g/mol. The zero-order valence-corrected chi connectivity index (χ0v) is 19.4. The van der Waals surface area contributed by atoms with Crippen LogP contribution in [0.15, 0.2) is 53.4 Å². The molecule has 0 aliphatic heterocycles. The van der Waals surface area contributed by atoms with Gasteiger partial charge in [-0.25, -0.2) is 18.4 Å². The molecule has 0 aliphatic carbocycles. The second-order valence-electron chi connectivity index (χ2n) is 7.59. The number of nitrogens with zero attached hydrogens (tertiary/aromatic N) is 2. The third-order valence-electron chi connectivity index (χ3n) is 4.64. The van der Waals surface area contributed by atoms with Gasteiger partial charge in [0.2, 0.25) is 0 Å². The van der Waals surface area contributed by atoms with Crippen LogP contribution in [0.3, 0.4) is 0 Å². The molecule has 0 aliphatic rings. The number of aryl methyl sites for hydroxylation is 4. The predicted molar refractivity (Wildman–Crippen MR) is 123 cm³/mol. The largest absolute Gasteiger partial charge is 0.481 e. The molecule has 1 atom stereocenters. The fourth-order valence-electron chi connectivity index (χ4n) is 3.10. The van der Waals surface area contributed by atoms with Gasteiger partial charge in [0.05, 0.1) is 4.90 Å². The van der Waals surface area contributed by atoms with Gasteiger partial charge in [-0.05, 0) is 70.5 Å². The van der Waals surface area contributed by atoms with E-state index in [2.05, 4.69) is 20.0 Å². The molecule has 0 saturated heterocycles. The lowest BCUT2D eigenvalue weighted by atomic mass is 10.1. The summed E-state index contributed by atoms with van der Waals surface area (Å²) in [4.78, 5) is 20.8. The smallest absolute Gasteiger partial charge is 0.265 e. The summed E-state index contributed by atoms with van der Waals surface area (Å²) < 4.78 is 33.5. The van der Waals surface area contributed by atoms with E-state index in [0.29, 0.717) is 23.0 Å². The summed E-state index contributed by atoms with van der Waals surface area (Å²) in [7, 11) is -3.84. The summed E-state index contributed by atoms with van der Waals surface area (Å²) in [6.07, 6.45) is -0.731. The zero-order valence-electron chi connectivity index (χ0n) is 18.6. The van der Waals surface area contributed by atoms with Crippen LogP contribution in [-0.2, 0) is 14.8 Å². The van der Waals surface area contributed by atoms with Crippen LogP contribution < -0.4 is 14.8 Å². The summed E-state index contributed by atoms with van der Waals surface area (Å²) in [5, 5.41) is 2.74. The fraction of sp³-hybridized carbons (Fsp3) is 0.261. The van der Waals surface area contributed by atoms with E-state index in [0.717, 1.165) is 11.1 Å². The quantitative estimate of drug-likeness (QED) is 0.560. The molecule has 168 valence electrons. The van der Waals surface area contributed by atoms with Gasteiger partial charge in [-0.3, -0.25) is 9.52 Å². The number of amides is 1. The Balaban J connectivity index is 1.66. The van der Waals surface area contributed by atoms with Crippen LogP contribution in [0.2, 0.25) is 0 Å². The van der Waals surface area contributed by atoms with Gasteiger partial charge >= 0.3 is 0 Å². The van der Waals surface area contributed by atoms with Crippen LogP contribution in [0, 0.1) is 27.7 Å². The highest BCUT2D eigenvalue weighted by molar-refractivity contribution is 7.92. The highest BCUT2D eigenvalue weighted by atomic mass is 32.2. The maximum Gasteiger partial charge on any atom is 0.265 e. The first kappa shape index (κ1) is 23.2. The minimum absolute atomic E-state index is 0.0454. The number of carbonyl (C=O) groups is 1. The molecule has 0 saturated carbocycles. The zero-order chi connectivity index (χ0) is 23.5. The number of carbonyl (C=O) groups excluding carboxylic acids is 1. The number of hydrogen-bond acceptors (Lipinski definition) is 6. The van der Waals surface area contributed by atoms with Crippen molar-refractivity contribution in [1.29, 1.82) is 0 Å². The van der Waals surface area contributed by atoms with Gasteiger partial charge in [0, 0.05) is 17.4 Å². The number of benzene rings is 2. The molecule has 9 heteroatoms. The van der Waals surface area contributed by atoms with E-state index in [4.69, 9.17) is 4.74 Å². The molecule has 2 N–H and O–H groups in total. The van der Waals surface area contributed by atoms with E-state index in [1.807, 2.05) is 32.0 Å². The number of aromatic nitrogens is 2. The summed E-state index contributed by atoms with van der Waals surface area (Å²) in [6, 6.07) is 13.2. The second-order valence-corrected chi connectivity index (χ2v) is 9.27. The standard InChI is InChI=1S/C23H26N4O4S/c1-14-6-11-21(15(2)12-14)31-17(4)23(28)26-19-7-9-20(10-8-19)32(29,30)27-22-13-16(3)24-18(5)25-22/h6-13,17H,1-5H3,(H,26,28)(H,24,25,27). The summed E-state index contributed by atoms with van der Waals surface area (Å²) in [6.45, 7) is 9.01. The van der Waals surface area contributed by atoms with Crippen molar-refractivity contribution in [1.82, 2.24) is 9.97 Å². The number of rotatable bonds is 7. The third-order valence-corrected chi connectivity index (χ3v) is 6.01. The van der Waals surface area contributed by atoms with Crippen molar-refractivity contribution in [2.45, 2.75) is 45.6 Å². The molecule has 3 aromatic rings. The Morgan fingerprint density at radius 2 is 1.66 bits per heavy atom. The molecule has 32 heavy (non-hydrogen) atoms. The van der Waals surface area contributed by atoms with E-state index in [-0.39, 0.29) is 16.6 Å². The molecule has 0 radical (unpaired) electrons. The lowest BCUT2D eigenvalue weighted by Gasteiger charge is -2.17. The minimum atomic E-state index is -3.84. The minimum Gasteiger partial charge on any atom is -0.481 e. The Hall–Kier alpha value is -3.46. The number of hydrogen-bond donors (Lipinski definition) is 2. The van der Waals surface area contributed by atoms with Crippen molar-refractivity contribution < 1.29 is 17.9 Å². The molecular formula is C23H26N4O4S. The number of nitrogens with one attached hydrogen (secondary N) is 2. The molecule has 1 aromatic heterocycles. The Kier molecular flexibility index (Phi) is 6.78. The Labute approximate surface area is 188 Å². The Morgan fingerprint density at radius 1 is 0.969 bits per heavy atom. The van der Waals surface area contributed by atoms with Gasteiger partial charge < -0.3 is 10.1 Å². The Morgan fingerprint density at radius 3 is 2.28 bits per heavy atom. The maximum atomic E-state index is 12.6. The van der Waals surface area contributed by atoms with Gasteiger partial charge in [0.15, 0.2) is 6.10 Å². The summed E-state index contributed by atoms with van der Waals surface area (Å²) in [5.41, 5.74) is 3.17. The summed E-state index contributed by atoms with van der Waals surface area (Å²) >= 11 is 0. The van der Waals surface area contributed by atoms with E-state index in [9.17, 15) is 13.2 Å². The molecule has 2 aromatic carbocycles. The average molecular weight is 455 g/mol. The third kappa shape index (κ3) is 5.82. The van der Waals surface area contributed by atoms with Crippen LogP contribution in [0.1, 0.15) is 29.6 Å². The maximum absolute atomic E-state index is 12.6. The van der Waals surface area contributed by atoms with Crippen LogP contribution in [0.25, 0.3) is 0 Å². The number of ether oxygens (including phenoxy) is 1. The molecule has 1 amide bonds. The van der Waals surface area contributed by atoms with E-state index in [1.54, 1.807) is 26.8 Å². The number of sulfonamides is 1. The molecule has 1 heterocycles. The highest BCUT2D eigenvalue weighted by Crippen LogP contribution is 2.21. The molecule has 0 fully saturated rings. The molecule has 8 nitrogen and oxygen atoms in total. The van der Waals surface area contributed by atoms with Gasteiger partial charge in [0.1, 0.15) is 17.4 Å². The molecule has 1 unspecified atom stereocenters. The first-order chi connectivity index (χ1) is 15.0. The first-order valence-electron chi connectivity index (χ1n) is 10.0. The van der Waals surface area contributed by atoms with Crippen molar-refractivity contribution in [2.24, 2.45) is 0 Å². The van der Waals surface area contributed by atoms with Crippen LogP contribution in [0.4, 0.5) is 11.5 Å². The molecule has 0 spiro atoms. The van der Waals surface area contributed by atoms with Crippen LogP contribution in [0.5, 0.6) is 5.75 Å². The van der Waals surface area contributed by atoms with Gasteiger partial charge in [0.25, 0.3) is 15.9 Å². The summed E-state index contributed by atoms with van der Waals surface area (Å²) in [5.74, 6) is 0.967. The Bertz CT molecular complexity index is 1220. The lowest BCUT2D eigenvalue weighted by Crippen LogP contribution is -2.30. The van der Waals surface area contributed by atoms with Gasteiger partial charge in [-0.1, -0.05) is 17.7 Å². The van der Waals surface area contributed by atoms with Crippen LogP contribution >= 0.6 is 0 Å². The number of anilines is 2.